The Kier molecular flexibility index (Phi) is 5.96. The maximum absolute atomic E-state index is 12.2. The van der Waals surface area contributed by atoms with Gasteiger partial charge in [-0.1, -0.05) is 12.1 Å². The lowest BCUT2D eigenvalue weighted by atomic mass is 9.97. The van der Waals surface area contributed by atoms with E-state index in [9.17, 15) is 14.4 Å². The number of hydrogen-bond donors (Lipinski definition) is 3. The zero-order chi connectivity index (χ0) is 16.4. The molecule has 2 aliphatic rings. The van der Waals surface area contributed by atoms with Crippen LogP contribution < -0.4 is 16.4 Å². The minimum atomic E-state index is -0.307. The van der Waals surface area contributed by atoms with Gasteiger partial charge >= 0.3 is 0 Å². The molecule has 2 fully saturated rings. The molecule has 6 nitrogen and oxygen atoms in total. The Hall–Kier alpha value is -1.92. The summed E-state index contributed by atoms with van der Waals surface area (Å²) >= 11 is 0. The van der Waals surface area contributed by atoms with E-state index in [1.54, 1.807) is 12.1 Å². The van der Waals surface area contributed by atoms with Crippen LogP contribution >= 0.6 is 12.4 Å². The molecule has 0 spiro atoms. The van der Waals surface area contributed by atoms with Gasteiger partial charge in [0, 0.05) is 24.6 Å². The van der Waals surface area contributed by atoms with Crippen molar-refractivity contribution in [2.45, 2.75) is 31.7 Å². The van der Waals surface area contributed by atoms with Crippen LogP contribution in [0.15, 0.2) is 24.3 Å². The summed E-state index contributed by atoms with van der Waals surface area (Å²) in [5.74, 6) is -0.344. The molecular weight excluding hydrogens is 330 g/mol. The van der Waals surface area contributed by atoms with E-state index in [1.807, 2.05) is 12.1 Å². The Bertz CT molecular complexity index is 628. The van der Waals surface area contributed by atoms with Gasteiger partial charge < -0.3 is 11.1 Å². The lowest BCUT2D eigenvalue weighted by Crippen LogP contribution is -2.41. The van der Waals surface area contributed by atoms with Crippen molar-refractivity contribution in [3.63, 3.8) is 0 Å². The second kappa shape index (κ2) is 7.77. The van der Waals surface area contributed by atoms with Crippen LogP contribution in [0.5, 0.6) is 0 Å². The lowest BCUT2D eigenvalue weighted by molar-refractivity contribution is -0.125. The zero-order valence-corrected chi connectivity index (χ0v) is 14.1. The van der Waals surface area contributed by atoms with Crippen molar-refractivity contribution in [1.82, 2.24) is 10.6 Å². The van der Waals surface area contributed by atoms with E-state index in [2.05, 4.69) is 10.6 Å². The first kappa shape index (κ1) is 18.4. The third-order valence-corrected chi connectivity index (χ3v) is 4.52. The Balaban J connectivity index is 0.00000208. The average Bonchev–Trinajstić information content (AvgIpc) is 3.32. The summed E-state index contributed by atoms with van der Waals surface area (Å²) in [5.41, 5.74) is 7.22. The van der Waals surface area contributed by atoms with E-state index < -0.39 is 0 Å². The van der Waals surface area contributed by atoms with E-state index in [-0.39, 0.29) is 48.5 Å². The first-order valence-corrected chi connectivity index (χ1v) is 8.00. The predicted molar refractivity (Wildman–Crippen MR) is 91.7 cm³/mol. The first-order valence-electron chi connectivity index (χ1n) is 8.00. The number of halogens is 1. The van der Waals surface area contributed by atoms with Crippen LogP contribution in [0.1, 0.15) is 35.2 Å². The molecule has 1 aliphatic carbocycles. The van der Waals surface area contributed by atoms with Gasteiger partial charge in [0.05, 0.1) is 5.92 Å². The molecule has 7 heteroatoms. The van der Waals surface area contributed by atoms with Gasteiger partial charge in [-0.3, -0.25) is 19.7 Å². The number of carbonyl (C=O) groups excluding carboxylic acids is 3. The topological polar surface area (TPSA) is 101 Å². The third-order valence-electron chi connectivity index (χ3n) is 4.52. The molecule has 3 amide bonds. The molecule has 130 valence electrons. The van der Waals surface area contributed by atoms with E-state index in [4.69, 9.17) is 5.73 Å². The number of nitrogens with two attached hydrogens (primary N) is 1. The molecule has 1 heterocycles. The van der Waals surface area contributed by atoms with Crippen molar-refractivity contribution in [3.05, 3.63) is 35.4 Å². The second-order valence-corrected chi connectivity index (χ2v) is 6.37. The zero-order valence-electron chi connectivity index (χ0n) is 13.3. The fourth-order valence-corrected chi connectivity index (χ4v) is 2.97. The van der Waals surface area contributed by atoms with Crippen molar-refractivity contribution >= 4 is 30.1 Å². The van der Waals surface area contributed by atoms with E-state index in [0.717, 1.165) is 18.4 Å². The Morgan fingerprint density at radius 1 is 1.25 bits per heavy atom. The standard InChI is InChI=1S/C17H21N3O3.ClH/c18-9-14(11-5-6-11)19-16(22)12-3-1-10(2-4-12)7-13-8-15(21)20-17(13)23;/h1-4,11,13-14H,5-9,18H2,(H,19,22)(H,20,21,23);1H. The Labute approximate surface area is 147 Å². The summed E-state index contributed by atoms with van der Waals surface area (Å²) in [5, 5.41) is 5.29. The molecule has 24 heavy (non-hydrogen) atoms. The van der Waals surface area contributed by atoms with Crippen molar-refractivity contribution in [3.8, 4) is 0 Å². The molecule has 0 bridgehead atoms. The molecule has 1 saturated carbocycles. The van der Waals surface area contributed by atoms with Gasteiger partial charge in [-0.2, -0.15) is 0 Å². The number of rotatable bonds is 6. The maximum atomic E-state index is 12.2. The van der Waals surface area contributed by atoms with Gasteiger partial charge in [0.1, 0.15) is 0 Å². The predicted octanol–water partition coefficient (Wildman–Crippen LogP) is 0.781. The first-order chi connectivity index (χ1) is 11.1. The van der Waals surface area contributed by atoms with Crippen molar-refractivity contribution < 1.29 is 14.4 Å². The van der Waals surface area contributed by atoms with Crippen molar-refractivity contribution in [1.29, 1.82) is 0 Å². The highest BCUT2D eigenvalue weighted by molar-refractivity contribution is 6.03. The molecule has 0 aromatic heterocycles. The monoisotopic (exact) mass is 351 g/mol. The summed E-state index contributed by atoms with van der Waals surface area (Å²) in [7, 11) is 0. The van der Waals surface area contributed by atoms with Gasteiger partial charge in [-0.25, -0.2) is 0 Å². The van der Waals surface area contributed by atoms with Crippen LogP contribution in [0.25, 0.3) is 0 Å². The summed E-state index contributed by atoms with van der Waals surface area (Å²) in [4.78, 5) is 35.0. The highest BCUT2D eigenvalue weighted by Crippen LogP contribution is 2.32. The molecule has 1 aromatic carbocycles. The van der Waals surface area contributed by atoms with Crippen LogP contribution in [-0.2, 0) is 16.0 Å². The molecule has 3 rings (SSSR count). The van der Waals surface area contributed by atoms with Gasteiger partial charge in [-0.05, 0) is 42.9 Å². The van der Waals surface area contributed by atoms with Crippen molar-refractivity contribution in [2.24, 2.45) is 17.6 Å². The minimum absolute atomic E-state index is 0. The third kappa shape index (κ3) is 4.33. The number of hydrogen-bond acceptors (Lipinski definition) is 4. The fraction of sp³-hybridized carbons (Fsp3) is 0.471. The molecule has 2 atom stereocenters. The Morgan fingerprint density at radius 3 is 2.42 bits per heavy atom. The minimum Gasteiger partial charge on any atom is -0.348 e. The average molecular weight is 352 g/mol. The normalized spacial score (nSPS) is 21.0. The summed E-state index contributed by atoms with van der Waals surface area (Å²) in [6, 6.07) is 7.22. The lowest BCUT2D eigenvalue weighted by Gasteiger charge is -2.16. The number of amides is 3. The molecular formula is C17H22ClN3O3. The van der Waals surface area contributed by atoms with Gasteiger partial charge in [0.25, 0.3) is 5.91 Å². The molecule has 0 radical (unpaired) electrons. The molecule has 1 aromatic rings. The largest absolute Gasteiger partial charge is 0.348 e. The van der Waals surface area contributed by atoms with Crippen LogP contribution in [-0.4, -0.2) is 30.3 Å². The van der Waals surface area contributed by atoms with Crippen LogP contribution in [0.3, 0.4) is 0 Å². The van der Waals surface area contributed by atoms with Crippen LogP contribution in [0, 0.1) is 11.8 Å². The molecule has 2 unspecified atom stereocenters. The highest BCUT2D eigenvalue weighted by atomic mass is 35.5. The Morgan fingerprint density at radius 2 is 1.92 bits per heavy atom. The van der Waals surface area contributed by atoms with E-state index in [1.165, 1.54) is 0 Å². The summed E-state index contributed by atoms with van der Waals surface area (Å²) < 4.78 is 0. The van der Waals surface area contributed by atoms with Crippen molar-refractivity contribution in [2.75, 3.05) is 6.54 Å². The number of carbonyl (C=O) groups is 3. The second-order valence-electron chi connectivity index (χ2n) is 6.37. The van der Waals surface area contributed by atoms with Gasteiger partial charge in [0.15, 0.2) is 0 Å². The number of nitrogens with one attached hydrogen (secondary N) is 2. The fourth-order valence-electron chi connectivity index (χ4n) is 2.97. The molecule has 4 N–H and O–H groups in total. The number of benzene rings is 1. The van der Waals surface area contributed by atoms with Gasteiger partial charge in [0.2, 0.25) is 11.8 Å². The van der Waals surface area contributed by atoms with Crippen LogP contribution in [0.2, 0.25) is 0 Å². The molecule has 1 aliphatic heterocycles. The summed E-state index contributed by atoms with van der Waals surface area (Å²) in [6.45, 7) is 0.458. The maximum Gasteiger partial charge on any atom is 0.251 e. The highest BCUT2D eigenvalue weighted by Gasteiger charge is 2.32. The van der Waals surface area contributed by atoms with E-state index in [0.29, 0.717) is 24.4 Å². The SMILES string of the molecule is Cl.NCC(NC(=O)c1ccc(CC2CC(=O)NC2=O)cc1)C1CC1. The van der Waals surface area contributed by atoms with Crippen LogP contribution in [0.4, 0.5) is 0 Å². The van der Waals surface area contributed by atoms with E-state index >= 15 is 0 Å². The number of imide groups is 1. The van der Waals surface area contributed by atoms with Gasteiger partial charge in [-0.15, -0.1) is 12.4 Å². The molecule has 1 saturated heterocycles. The smallest absolute Gasteiger partial charge is 0.251 e. The quantitative estimate of drug-likeness (QED) is 0.659. The summed E-state index contributed by atoms with van der Waals surface area (Å²) in [6.07, 6.45) is 3.00.